The Hall–Kier alpha value is -1.44. The van der Waals surface area contributed by atoms with E-state index in [-0.39, 0.29) is 24.9 Å². The Bertz CT molecular complexity index is 567. The third-order valence-electron chi connectivity index (χ3n) is 2.39. The quantitative estimate of drug-likeness (QED) is 0.883. The number of nitrogens with one attached hydrogen (secondary N) is 1. The number of carbonyl (C=O) groups excluding carboxylic acids is 1. The van der Waals surface area contributed by atoms with Crippen molar-refractivity contribution in [3.63, 3.8) is 0 Å². The lowest BCUT2D eigenvalue weighted by Gasteiger charge is -1.98. The highest BCUT2D eigenvalue weighted by molar-refractivity contribution is 7.15. The minimum Gasteiger partial charge on any atom is -0.467 e. The second-order valence-corrected chi connectivity index (χ2v) is 5.62. The molecule has 0 bridgehead atoms. The molecule has 0 aliphatic rings. The summed E-state index contributed by atoms with van der Waals surface area (Å²) in [5.74, 6) is 0.816. The molecule has 0 aliphatic heterocycles. The Morgan fingerprint density at radius 3 is 2.85 bits per heavy atom. The van der Waals surface area contributed by atoms with Crippen LogP contribution in [0.2, 0.25) is 0 Å². The number of rotatable bonds is 5. The smallest absolute Gasteiger partial charge is 0.260 e. The third kappa shape index (κ3) is 4.29. The first kappa shape index (κ1) is 16.6. The summed E-state index contributed by atoms with van der Waals surface area (Å²) < 4.78 is 5.11. The molecule has 0 spiro atoms. The van der Waals surface area contributed by atoms with Crippen LogP contribution in [0.4, 0.5) is 5.13 Å². The highest BCUT2D eigenvalue weighted by Gasteiger charge is 2.13. The van der Waals surface area contributed by atoms with E-state index >= 15 is 0 Å². The predicted octanol–water partition coefficient (Wildman–Crippen LogP) is 2.46. The maximum atomic E-state index is 11.9. The van der Waals surface area contributed by atoms with Crippen molar-refractivity contribution in [1.29, 1.82) is 0 Å². The SMILES string of the molecule is CC(C)Cc1nnc(NC(=O)c2coc(CN)c2)s1.Cl. The molecule has 0 aliphatic carbocycles. The maximum absolute atomic E-state index is 11.9. The molecule has 3 N–H and O–H groups in total. The number of nitrogens with two attached hydrogens (primary N) is 1. The van der Waals surface area contributed by atoms with Gasteiger partial charge in [0, 0.05) is 6.42 Å². The number of aromatic nitrogens is 2. The Morgan fingerprint density at radius 1 is 1.50 bits per heavy atom. The topological polar surface area (TPSA) is 94.0 Å². The number of hydrogen-bond acceptors (Lipinski definition) is 6. The van der Waals surface area contributed by atoms with E-state index in [4.69, 9.17) is 10.2 Å². The molecule has 0 unspecified atom stereocenters. The summed E-state index contributed by atoms with van der Waals surface area (Å²) in [6.07, 6.45) is 2.24. The van der Waals surface area contributed by atoms with Gasteiger partial charge in [-0.3, -0.25) is 10.1 Å². The molecular weight excluding hydrogens is 300 g/mol. The van der Waals surface area contributed by atoms with Crippen molar-refractivity contribution in [2.45, 2.75) is 26.8 Å². The van der Waals surface area contributed by atoms with Crippen molar-refractivity contribution in [3.05, 3.63) is 28.7 Å². The van der Waals surface area contributed by atoms with Crippen LogP contribution in [0.5, 0.6) is 0 Å². The monoisotopic (exact) mass is 316 g/mol. The zero-order chi connectivity index (χ0) is 13.8. The maximum Gasteiger partial charge on any atom is 0.260 e. The zero-order valence-corrected chi connectivity index (χ0v) is 12.9. The third-order valence-corrected chi connectivity index (χ3v) is 3.25. The Morgan fingerprint density at radius 2 is 2.25 bits per heavy atom. The summed E-state index contributed by atoms with van der Waals surface area (Å²) in [4.78, 5) is 11.9. The number of carbonyl (C=O) groups is 1. The van der Waals surface area contributed by atoms with Crippen molar-refractivity contribution in [1.82, 2.24) is 10.2 Å². The average molecular weight is 317 g/mol. The first-order valence-electron chi connectivity index (χ1n) is 5.99. The van der Waals surface area contributed by atoms with Crippen LogP contribution in [0.25, 0.3) is 0 Å². The number of hydrogen-bond donors (Lipinski definition) is 2. The largest absolute Gasteiger partial charge is 0.467 e. The zero-order valence-electron chi connectivity index (χ0n) is 11.3. The second kappa shape index (κ2) is 7.37. The molecule has 8 heteroatoms. The fraction of sp³-hybridized carbons (Fsp3) is 0.417. The van der Waals surface area contributed by atoms with E-state index in [1.807, 2.05) is 0 Å². The van der Waals surface area contributed by atoms with E-state index in [0.29, 0.717) is 22.4 Å². The van der Waals surface area contributed by atoms with Gasteiger partial charge in [0.25, 0.3) is 5.91 Å². The van der Waals surface area contributed by atoms with Gasteiger partial charge in [0.05, 0.1) is 12.1 Å². The molecule has 0 atom stereocenters. The number of furan rings is 1. The molecule has 20 heavy (non-hydrogen) atoms. The highest BCUT2D eigenvalue weighted by atomic mass is 35.5. The van der Waals surface area contributed by atoms with E-state index in [1.54, 1.807) is 6.07 Å². The second-order valence-electron chi connectivity index (χ2n) is 4.56. The molecule has 0 radical (unpaired) electrons. The van der Waals surface area contributed by atoms with Gasteiger partial charge in [0.15, 0.2) is 0 Å². The van der Waals surface area contributed by atoms with Gasteiger partial charge in [-0.2, -0.15) is 0 Å². The average Bonchev–Trinajstić information content (AvgIpc) is 2.97. The Kier molecular flexibility index (Phi) is 6.12. The highest BCUT2D eigenvalue weighted by Crippen LogP contribution is 2.19. The molecule has 0 saturated heterocycles. The van der Waals surface area contributed by atoms with Crippen molar-refractivity contribution in [3.8, 4) is 0 Å². The van der Waals surface area contributed by atoms with E-state index in [2.05, 4.69) is 29.4 Å². The minimum absolute atomic E-state index is 0. The number of amides is 1. The van der Waals surface area contributed by atoms with E-state index < -0.39 is 0 Å². The van der Waals surface area contributed by atoms with Crippen LogP contribution in [0.1, 0.15) is 35.0 Å². The van der Waals surface area contributed by atoms with Gasteiger partial charge < -0.3 is 10.2 Å². The molecular formula is C12H17ClN4O2S. The van der Waals surface area contributed by atoms with E-state index in [1.165, 1.54) is 17.6 Å². The molecule has 2 rings (SSSR count). The summed E-state index contributed by atoms with van der Waals surface area (Å²) in [7, 11) is 0. The van der Waals surface area contributed by atoms with Crippen molar-refractivity contribution < 1.29 is 9.21 Å². The first-order valence-corrected chi connectivity index (χ1v) is 6.81. The molecule has 2 aromatic heterocycles. The Balaban J connectivity index is 0.00000200. The van der Waals surface area contributed by atoms with Gasteiger partial charge in [-0.1, -0.05) is 25.2 Å². The number of nitrogens with zero attached hydrogens (tertiary/aromatic N) is 2. The summed E-state index contributed by atoms with van der Waals surface area (Å²) in [5, 5.41) is 12.1. The summed E-state index contributed by atoms with van der Waals surface area (Å²) in [6, 6.07) is 1.62. The van der Waals surface area contributed by atoms with Crippen molar-refractivity contribution >= 4 is 34.8 Å². The van der Waals surface area contributed by atoms with Gasteiger partial charge in [-0.15, -0.1) is 22.6 Å². The van der Waals surface area contributed by atoms with Gasteiger partial charge in [0.2, 0.25) is 5.13 Å². The van der Waals surface area contributed by atoms with E-state index in [9.17, 15) is 4.79 Å². The number of halogens is 1. The van der Waals surface area contributed by atoms with Crippen LogP contribution < -0.4 is 11.1 Å². The molecule has 0 aromatic carbocycles. The standard InChI is InChI=1S/C12H16N4O2S.ClH/c1-7(2)3-10-15-16-12(19-10)14-11(17)8-4-9(5-13)18-6-8;/h4,6-7H,3,5,13H2,1-2H3,(H,14,16,17);1H. The van der Waals surface area contributed by atoms with Gasteiger partial charge in [0.1, 0.15) is 17.0 Å². The summed E-state index contributed by atoms with van der Waals surface area (Å²) in [6.45, 7) is 4.49. The lowest BCUT2D eigenvalue weighted by Crippen LogP contribution is -2.10. The normalized spacial score (nSPS) is 10.4. The van der Waals surface area contributed by atoms with Crippen molar-refractivity contribution in [2.24, 2.45) is 11.7 Å². The lowest BCUT2D eigenvalue weighted by atomic mass is 10.1. The molecule has 110 valence electrons. The summed E-state index contributed by atoms with van der Waals surface area (Å²) in [5.41, 5.74) is 5.85. The van der Waals surface area contributed by atoms with Crippen LogP contribution in [-0.2, 0) is 13.0 Å². The first-order chi connectivity index (χ1) is 9.08. The molecule has 0 fully saturated rings. The lowest BCUT2D eigenvalue weighted by molar-refractivity contribution is 0.102. The molecule has 6 nitrogen and oxygen atoms in total. The fourth-order valence-electron chi connectivity index (χ4n) is 1.51. The van der Waals surface area contributed by atoms with Crippen LogP contribution in [0.15, 0.2) is 16.7 Å². The minimum atomic E-state index is -0.268. The molecule has 0 saturated carbocycles. The van der Waals surface area contributed by atoms with Crippen LogP contribution in [-0.4, -0.2) is 16.1 Å². The van der Waals surface area contributed by atoms with Crippen LogP contribution in [0, 0.1) is 5.92 Å². The van der Waals surface area contributed by atoms with Gasteiger partial charge in [-0.05, 0) is 12.0 Å². The fourth-order valence-corrected chi connectivity index (χ4v) is 2.46. The molecule has 1 amide bonds. The molecule has 2 aromatic rings. The van der Waals surface area contributed by atoms with Crippen molar-refractivity contribution in [2.75, 3.05) is 5.32 Å². The van der Waals surface area contributed by atoms with Crippen LogP contribution in [0.3, 0.4) is 0 Å². The van der Waals surface area contributed by atoms with Crippen LogP contribution >= 0.6 is 23.7 Å². The van der Waals surface area contributed by atoms with Gasteiger partial charge >= 0.3 is 0 Å². The van der Waals surface area contributed by atoms with Gasteiger partial charge in [-0.25, -0.2) is 0 Å². The summed E-state index contributed by atoms with van der Waals surface area (Å²) >= 11 is 1.39. The predicted molar refractivity (Wildman–Crippen MR) is 80.3 cm³/mol. The molecule has 2 heterocycles. The van der Waals surface area contributed by atoms with E-state index in [0.717, 1.165) is 11.4 Å². The number of anilines is 1. The Labute approximate surface area is 127 Å².